The molecule has 0 bridgehead atoms. The van der Waals surface area contributed by atoms with Gasteiger partial charge in [-0.05, 0) is 26.4 Å². The third-order valence-electron chi connectivity index (χ3n) is 3.69. The molecule has 1 fully saturated rings. The Hall–Kier alpha value is -1.62. The van der Waals surface area contributed by atoms with Crippen LogP contribution in [0.1, 0.15) is 30.1 Å². The predicted octanol–water partition coefficient (Wildman–Crippen LogP) is 0.931. The minimum Gasteiger partial charge on any atom is -0.367 e. The number of nitrogens with one attached hydrogen (secondary N) is 1. The summed E-state index contributed by atoms with van der Waals surface area (Å²) in [6, 6.07) is 1.58. The average Bonchev–Trinajstić information content (AvgIpc) is 2.60. The number of nitrogens with zero attached hydrogens (tertiary/aromatic N) is 2. The Balaban J connectivity index is 2.26. The lowest BCUT2D eigenvalue weighted by molar-refractivity contribution is 0.0674. The number of pyridine rings is 1. The molecule has 5 heteroatoms. The second-order valence-corrected chi connectivity index (χ2v) is 5.10. The van der Waals surface area contributed by atoms with Gasteiger partial charge in [-0.25, -0.2) is 0 Å². The first-order valence-electron chi connectivity index (χ1n) is 6.80. The molecule has 1 aliphatic rings. The molecule has 1 atom stereocenters. The molecule has 1 aromatic heterocycles. The third kappa shape index (κ3) is 3.04. The molecule has 1 aromatic rings. The van der Waals surface area contributed by atoms with Crippen LogP contribution >= 0.6 is 0 Å². The van der Waals surface area contributed by atoms with Gasteiger partial charge in [-0.3, -0.25) is 9.59 Å². The molecule has 1 N–H and O–H groups in total. The number of hydrogen-bond donors (Lipinski definition) is 1. The number of aromatic amines is 1. The maximum Gasteiger partial charge on any atom is 0.259 e. The summed E-state index contributed by atoms with van der Waals surface area (Å²) in [5.74, 6) is -0.149. The quantitative estimate of drug-likeness (QED) is 0.863. The molecular formula is C14H21N3O2. The van der Waals surface area contributed by atoms with E-state index in [-0.39, 0.29) is 22.9 Å². The third-order valence-corrected chi connectivity index (χ3v) is 3.69. The van der Waals surface area contributed by atoms with E-state index in [2.05, 4.69) is 23.9 Å². The van der Waals surface area contributed by atoms with Gasteiger partial charge in [-0.15, -0.1) is 0 Å². The van der Waals surface area contributed by atoms with E-state index in [1.807, 2.05) is 4.90 Å². The van der Waals surface area contributed by atoms with Crippen LogP contribution in [0.3, 0.4) is 0 Å². The summed E-state index contributed by atoms with van der Waals surface area (Å²) >= 11 is 0. The highest BCUT2D eigenvalue weighted by atomic mass is 16.2. The van der Waals surface area contributed by atoms with Crippen LogP contribution in [-0.4, -0.2) is 53.4 Å². The normalized spacial score (nSPS) is 21.2. The smallest absolute Gasteiger partial charge is 0.259 e. The van der Waals surface area contributed by atoms with Gasteiger partial charge in [-0.1, -0.05) is 6.92 Å². The lowest BCUT2D eigenvalue weighted by Crippen LogP contribution is -2.44. The van der Waals surface area contributed by atoms with Crippen LogP contribution in [0.5, 0.6) is 0 Å². The summed E-state index contributed by atoms with van der Waals surface area (Å²) in [6.45, 7) is 4.66. The Bertz CT molecular complexity index is 497. The second-order valence-electron chi connectivity index (χ2n) is 5.10. The Morgan fingerprint density at radius 1 is 1.47 bits per heavy atom. The summed E-state index contributed by atoms with van der Waals surface area (Å²) in [4.78, 5) is 31.2. The van der Waals surface area contributed by atoms with E-state index in [0.29, 0.717) is 0 Å². The summed E-state index contributed by atoms with van der Waals surface area (Å²) in [5.41, 5.74) is 0.0294. The van der Waals surface area contributed by atoms with Gasteiger partial charge in [0.2, 0.25) is 0 Å². The van der Waals surface area contributed by atoms with Crippen molar-refractivity contribution in [2.24, 2.45) is 0 Å². The highest BCUT2D eigenvalue weighted by Gasteiger charge is 2.27. The van der Waals surface area contributed by atoms with E-state index < -0.39 is 0 Å². The van der Waals surface area contributed by atoms with E-state index in [9.17, 15) is 9.59 Å². The van der Waals surface area contributed by atoms with Crippen molar-refractivity contribution in [3.8, 4) is 0 Å². The number of likely N-dealkylation sites (N-methyl/N-ethyl adjacent to an activating group) is 1. The summed E-state index contributed by atoms with van der Waals surface area (Å²) < 4.78 is 0. The molecule has 104 valence electrons. The van der Waals surface area contributed by atoms with E-state index >= 15 is 0 Å². The molecule has 19 heavy (non-hydrogen) atoms. The largest absolute Gasteiger partial charge is 0.367 e. The highest BCUT2D eigenvalue weighted by Crippen LogP contribution is 2.14. The molecule has 1 unspecified atom stereocenters. The molecule has 0 saturated carbocycles. The molecule has 2 rings (SSSR count). The van der Waals surface area contributed by atoms with Crippen LogP contribution in [0, 0.1) is 0 Å². The fraction of sp³-hybridized carbons (Fsp3) is 0.571. The minimum atomic E-state index is -0.212. The zero-order chi connectivity index (χ0) is 13.8. The number of aromatic nitrogens is 1. The molecule has 0 aromatic carbocycles. The van der Waals surface area contributed by atoms with Crippen LogP contribution in [0.15, 0.2) is 23.3 Å². The summed E-state index contributed by atoms with van der Waals surface area (Å²) in [5, 5.41) is 0. The van der Waals surface area contributed by atoms with E-state index in [1.165, 1.54) is 12.3 Å². The van der Waals surface area contributed by atoms with Crippen molar-refractivity contribution in [2.45, 2.75) is 25.8 Å². The molecule has 0 radical (unpaired) electrons. The Labute approximate surface area is 113 Å². The van der Waals surface area contributed by atoms with Gasteiger partial charge in [0.1, 0.15) is 5.56 Å². The van der Waals surface area contributed by atoms with Crippen molar-refractivity contribution >= 4 is 5.91 Å². The molecule has 1 amide bonds. The molecule has 1 aliphatic heterocycles. The highest BCUT2D eigenvalue weighted by molar-refractivity contribution is 5.94. The fourth-order valence-electron chi connectivity index (χ4n) is 2.60. The second kappa shape index (κ2) is 6.02. The predicted molar refractivity (Wildman–Crippen MR) is 74.3 cm³/mol. The van der Waals surface area contributed by atoms with Gasteiger partial charge < -0.3 is 14.8 Å². The number of carbonyl (C=O) groups excluding carboxylic acids is 1. The SMILES string of the molecule is CCC1CN(C)CCCN1C(=O)c1c[nH]ccc1=O. The fourth-order valence-corrected chi connectivity index (χ4v) is 2.60. The molecule has 1 saturated heterocycles. The van der Waals surface area contributed by atoms with Crippen molar-refractivity contribution in [3.63, 3.8) is 0 Å². The van der Waals surface area contributed by atoms with Crippen LogP contribution in [0.2, 0.25) is 0 Å². The Morgan fingerprint density at radius 3 is 2.95 bits per heavy atom. The number of amides is 1. The van der Waals surface area contributed by atoms with Crippen LogP contribution in [-0.2, 0) is 0 Å². The van der Waals surface area contributed by atoms with E-state index in [4.69, 9.17) is 0 Å². The Kier molecular flexibility index (Phi) is 4.37. The standard InChI is InChI=1S/C14H21N3O2/c1-3-11-10-16(2)7-4-8-17(11)14(19)12-9-15-6-5-13(12)18/h5-6,9,11H,3-4,7-8,10H2,1-2H3,(H,15,18). The molecule has 0 aliphatic carbocycles. The first kappa shape index (κ1) is 13.8. The lowest BCUT2D eigenvalue weighted by Gasteiger charge is -2.30. The number of hydrogen-bond acceptors (Lipinski definition) is 3. The Morgan fingerprint density at radius 2 is 2.26 bits per heavy atom. The average molecular weight is 263 g/mol. The van der Waals surface area contributed by atoms with Crippen molar-refractivity contribution in [1.29, 1.82) is 0 Å². The number of H-pyrrole nitrogens is 1. The van der Waals surface area contributed by atoms with E-state index in [0.717, 1.165) is 32.5 Å². The number of rotatable bonds is 2. The lowest BCUT2D eigenvalue weighted by atomic mass is 10.1. The first-order chi connectivity index (χ1) is 9.13. The minimum absolute atomic E-state index is 0.149. The number of carbonyl (C=O) groups is 1. The zero-order valence-corrected chi connectivity index (χ0v) is 11.6. The molecule has 5 nitrogen and oxygen atoms in total. The molecular weight excluding hydrogens is 242 g/mol. The first-order valence-corrected chi connectivity index (χ1v) is 6.80. The van der Waals surface area contributed by atoms with E-state index in [1.54, 1.807) is 6.20 Å². The zero-order valence-electron chi connectivity index (χ0n) is 11.6. The molecule has 2 heterocycles. The molecule has 0 spiro atoms. The summed E-state index contributed by atoms with van der Waals surface area (Å²) in [6.07, 6.45) is 4.91. The van der Waals surface area contributed by atoms with Crippen LogP contribution in [0.4, 0.5) is 0 Å². The van der Waals surface area contributed by atoms with Gasteiger partial charge >= 0.3 is 0 Å². The monoisotopic (exact) mass is 263 g/mol. The van der Waals surface area contributed by atoms with Gasteiger partial charge in [0.15, 0.2) is 5.43 Å². The van der Waals surface area contributed by atoms with Gasteiger partial charge in [0, 0.05) is 37.6 Å². The summed E-state index contributed by atoms with van der Waals surface area (Å²) in [7, 11) is 2.08. The van der Waals surface area contributed by atoms with Crippen molar-refractivity contribution in [2.75, 3.05) is 26.7 Å². The van der Waals surface area contributed by atoms with Crippen molar-refractivity contribution in [3.05, 3.63) is 34.2 Å². The van der Waals surface area contributed by atoms with Gasteiger partial charge in [0.25, 0.3) is 5.91 Å². The van der Waals surface area contributed by atoms with Crippen LogP contribution < -0.4 is 5.43 Å². The van der Waals surface area contributed by atoms with Crippen molar-refractivity contribution < 1.29 is 4.79 Å². The van der Waals surface area contributed by atoms with Gasteiger partial charge in [-0.2, -0.15) is 0 Å². The topological polar surface area (TPSA) is 56.4 Å². The van der Waals surface area contributed by atoms with Crippen molar-refractivity contribution in [1.82, 2.24) is 14.8 Å². The maximum atomic E-state index is 12.5. The van der Waals surface area contributed by atoms with Gasteiger partial charge in [0.05, 0.1) is 0 Å². The van der Waals surface area contributed by atoms with Crippen LogP contribution in [0.25, 0.3) is 0 Å². The maximum absolute atomic E-state index is 12.5.